The smallest absolute Gasteiger partial charge is 0.244 e. The number of rotatable bonds is 7. The lowest BCUT2D eigenvalue weighted by molar-refractivity contribution is -0.116. The fraction of sp³-hybridized carbons (Fsp3) is 0.120. The molecular formula is C25H23N3O3. The van der Waals surface area contributed by atoms with Crippen LogP contribution >= 0.6 is 0 Å². The van der Waals surface area contributed by atoms with Crippen molar-refractivity contribution in [1.29, 1.82) is 0 Å². The highest BCUT2D eigenvalue weighted by molar-refractivity contribution is 5.94. The maximum absolute atomic E-state index is 12.5. The number of fused-ring (bicyclic) bond motifs is 1. The summed E-state index contributed by atoms with van der Waals surface area (Å²) in [4.78, 5) is 23.7. The average molecular weight is 413 g/mol. The lowest BCUT2D eigenvalue weighted by Gasteiger charge is -2.10. The molecule has 4 aromatic rings. The number of nitrogens with zero attached hydrogens (tertiary/aromatic N) is 1. The molecule has 0 bridgehead atoms. The Morgan fingerprint density at radius 2 is 1.55 bits per heavy atom. The Balaban J connectivity index is 1.42. The first-order valence-corrected chi connectivity index (χ1v) is 10.0. The second kappa shape index (κ2) is 9.17. The van der Waals surface area contributed by atoms with Crippen molar-refractivity contribution in [3.05, 3.63) is 90.6 Å². The Morgan fingerprint density at radius 3 is 2.26 bits per heavy atom. The average Bonchev–Trinajstić information content (AvgIpc) is 3.17. The molecule has 1 heterocycles. The minimum atomic E-state index is -0.139. The van der Waals surface area contributed by atoms with Gasteiger partial charge in [0, 0.05) is 29.9 Å². The maximum atomic E-state index is 12.5. The van der Waals surface area contributed by atoms with Gasteiger partial charge in [-0.05, 0) is 48.0 Å². The molecule has 1 aromatic heterocycles. The second-order valence-corrected chi connectivity index (χ2v) is 7.21. The summed E-state index contributed by atoms with van der Waals surface area (Å²) in [5.74, 6) is 0.512. The molecule has 0 spiro atoms. The van der Waals surface area contributed by atoms with Crippen LogP contribution in [0, 0.1) is 0 Å². The highest BCUT2D eigenvalue weighted by Crippen LogP contribution is 2.27. The maximum Gasteiger partial charge on any atom is 0.244 e. The van der Waals surface area contributed by atoms with Crippen molar-refractivity contribution in [3.63, 3.8) is 0 Å². The van der Waals surface area contributed by atoms with Crippen molar-refractivity contribution in [2.75, 3.05) is 10.6 Å². The standard InChI is InChI=1S/C25H23N3O3/c1-18(29)26-20-10-12-21(13-11-20)27-25(30)16-28-15-14-22-23(28)8-5-9-24(22)31-17-19-6-3-2-4-7-19/h2-15H,16-17H2,1H3,(H,26,29)(H,27,30). The van der Waals surface area contributed by atoms with Crippen LogP contribution in [-0.4, -0.2) is 16.4 Å². The van der Waals surface area contributed by atoms with E-state index in [1.807, 2.05) is 65.4 Å². The van der Waals surface area contributed by atoms with Gasteiger partial charge in [0.2, 0.25) is 11.8 Å². The number of amides is 2. The first-order valence-electron chi connectivity index (χ1n) is 10.0. The number of carbonyl (C=O) groups excluding carboxylic acids is 2. The molecule has 0 fully saturated rings. The van der Waals surface area contributed by atoms with Crippen molar-refractivity contribution < 1.29 is 14.3 Å². The zero-order valence-electron chi connectivity index (χ0n) is 17.2. The molecule has 6 nitrogen and oxygen atoms in total. The van der Waals surface area contributed by atoms with Gasteiger partial charge in [0.1, 0.15) is 18.9 Å². The first kappa shape index (κ1) is 20.2. The number of aromatic nitrogens is 1. The van der Waals surface area contributed by atoms with Gasteiger partial charge >= 0.3 is 0 Å². The van der Waals surface area contributed by atoms with E-state index in [2.05, 4.69) is 10.6 Å². The zero-order chi connectivity index (χ0) is 21.6. The Kier molecular flexibility index (Phi) is 5.98. The number of anilines is 2. The van der Waals surface area contributed by atoms with E-state index in [0.717, 1.165) is 22.2 Å². The van der Waals surface area contributed by atoms with Crippen molar-refractivity contribution >= 4 is 34.1 Å². The van der Waals surface area contributed by atoms with E-state index in [4.69, 9.17) is 4.74 Å². The Bertz CT molecular complexity index is 1200. The topological polar surface area (TPSA) is 72.4 Å². The van der Waals surface area contributed by atoms with E-state index in [0.29, 0.717) is 18.0 Å². The Hall–Kier alpha value is -4.06. The quantitative estimate of drug-likeness (QED) is 0.456. The highest BCUT2D eigenvalue weighted by atomic mass is 16.5. The zero-order valence-corrected chi connectivity index (χ0v) is 17.2. The van der Waals surface area contributed by atoms with Gasteiger partial charge in [-0.3, -0.25) is 9.59 Å². The summed E-state index contributed by atoms with van der Waals surface area (Å²) in [5.41, 5.74) is 3.39. The lowest BCUT2D eigenvalue weighted by Crippen LogP contribution is -2.18. The molecule has 6 heteroatoms. The Labute approximate surface area is 180 Å². The minimum absolute atomic E-state index is 0.136. The number of benzene rings is 3. The van der Waals surface area contributed by atoms with E-state index in [-0.39, 0.29) is 18.4 Å². The van der Waals surface area contributed by atoms with Crippen molar-refractivity contribution in [1.82, 2.24) is 4.57 Å². The van der Waals surface area contributed by atoms with Gasteiger partial charge in [-0.1, -0.05) is 36.4 Å². The molecule has 0 aliphatic carbocycles. The fourth-order valence-electron chi connectivity index (χ4n) is 3.39. The number of hydrogen-bond acceptors (Lipinski definition) is 3. The SMILES string of the molecule is CC(=O)Nc1ccc(NC(=O)Cn2ccc3c(OCc4ccccc4)cccc32)cc1. The van der Waals surface area contributed by atoms with Gasteiger partial charge in [-0.15, -0.1) is 0 Å². The van der Waals surface area contributed by atoms with Crippen LogP contribution in [0.4, 0.5) is 11.4 Å². The van der Waals surface area contributed by atoms with Gasteiger partial charge in [-0.2, -0.15) is 0 Å². The molecule has 2 N–H and O–H groups in total. The number of carbonyl (C=O) groups is 2. The van der Waals surface area contributed by atoms with E-state index in [9.17, 15) is 9.59 Å². The first-order chi connectivity index (χ1) is 15.1. The molecule has 0 aliphatic rings. The summed E-state index contributed by atoms with van der Waals surface area (Å²) in [6, 6.07) is 24.8. The molecule has 0 saturated heterocycles. The largest absolute Gasteiger partial charge is 0.488 e. The summed E-state index contributed by atoms with van der Waals surface area (Å²) >= 11 is 0. The van der Waals surface area contributed by atoms with Crippen LogP contribution in [-0.2, 0) is 22.7 Å². The minimum Gasteiger partial charge on any atom is -0.488 e. The normalized spacial score (nSPS) is 10.6. The van der Waals surface area contributed by atoms with E-state index in [1.54, 1.807) is 24.3 Å². The van der Waals surface area contributed by atoms with Crippen LogP contribution in [0.3, 0.4) is 0 Å². The predicted octanol–water partition coefficient (Wildman–Crippen LogP) is 4.82. The van der Waals surface area contributed by atoms with Crippen LogP contribution in [0.1, 0.15) is 12.5 Å². The third-order valence-electron chi connectivity index (χ3n) is 4.81. The monoisotopic (exact) mass is 413 g/mol. The summed E-state index contributed by atoms with van der Waals surface area (Å²) in [6.07, 6.45) is 1.89. The van der Waals surface area contributed by atoms with Crippen LogP contribution in [0.25, 0.3) is 10.9 Å². The van der Waals surface area contributed by atoms with Crippen molar-refractivity contribution in [2.24, 2.45) is 0 Å². The Morgan fingerprint density at radius 1 is 0.839 bits per heavy atom. The van der Waals surface area contributed by atoms with Gasteiger partial charge in [-0.25, -0.2) is 0 Å². The molecule has 31 heavy (non-hydrogen) atoms. The molecule has 3 aromatic carbocycles. The molecule has 4 rings (SSSR count). The van der Waals surface area contributed by atoms with Gasteiger partial charge < -0.3 is 19.9 Å². The van der Waals surface area contributed by atoms with Crippen LogP contribution in [0.5, 0.6) is 5.75 Å². The molecule has 0 atom stereocenters. The lowest BCUT2D eigenvalue weighted by atomic mass is 10.2. The van der Waals surface area contributed by atoms with Gasteiger partial charge in [0.25, 0.3) is 0 Å². The van der Waals surface area contributed by atoms with E-state index in [1.165, 1.54) is 6.92 Å². The molecule has 0 radical (unpaired) electrons. The van der Waals surface area contributed by atoms with Gasteiger partial charge in [0.05, 0.1) is 5.52 Å². The summed E-state index contributed by atoms with van der Waals surface area (Å²) in [7, 11) is 0. The molecule has 0 saturated carbocycles. The predicted molar refractivity (Wildman–Crippen MR) is 122 cm³/mol. The molecule has 156 valence electrons. The van der Waals surface area contributed by atoms with Gasteiger partial charge in [0.15, 0.2) is 0 Å². The van der Waals surface area contributed by atoms with Crippen LogP contribution < -0.4 is 15.4 Å². The fourth-order valence-corrected chi connectivity index (χ4v) is 3.39. The number of ether oxygens (including phenoxy) is 1. The molecular weight excluding hydrogens is 390 g/mol. The summed E-state index contributed by atoms with van der Waals surface area (Å²) < 4.78 is 7.91. The molecule has 0 unspecified atom stereocenters. The summed E-state index contributed by atoms with van der Waals surface area (Å²) in [5, 5.41) is 6.55. The third kappa shape index (κ3) is 5.11. The third-order valence-corrected chi connectivity index (χ3v) is 4.81. The van der Waals surface area contributed by atoms with Crippen LogP contribution in [0.15, 0.2) is 85.1 Å². The molecule has 2 amide bonds. The summed E-state index contributed by atoms with van der Waals surface area (Å²) in [6.45, 7) is 2.12. The molecule has 0 aliphatic heterocycles. The van der Waals surface area contributed by atoms with Crippen LogP contribution in [0.2, 0.25) is 0 Å². The number of hydrogen-bond donors (Lipinski definition) is 2. The highest BCUT2D eigenvalue weighted by Gasteiger charge is 2.10. The van der Waals surface area contributed by atoms with E-state index < -0.39 is 0 Å². The van der Waals surface area contributed by atoms with Crippen molar-refractivity contribution in [3.8, 4) is 5.75 Å². The second-order valence-electron chi connectivity index (χ2n) is 7.21. The number of nitrogens with one attached hydrogen (secondary N) is 2. The van der Waals surface area contributed by atoms with E-state index >= 15 is 0 Å². The van der Waals surface area contributed by atoms with Crippen molar-refractivity contribution in [2.45, 2.75) is 20.1 Å².